The first kappa shape index (κ1) is 10.3. The van der Waals surface area contributed by atoms with Crippen molar-refractivity contribution >= 4 is 5.78 Å². The molecule has 15 heavy (non-hydrogen) atoms. The number of Topliss-reactive ketones (excluding diaryl/α,β-unsaturated/α-hetero) is 1. The minimum Gasteiger partial charge on any atom is -0.294 e. The predicted molar refractivity (Wildman–Crippen MR) is 60.1 cm³/mol. The van der Waals surface area contributed by atoms with E-state index in [1.165, 1.54) is 17.7 Å². The Morgan fingerprint density at radius 2 is 2.27 bits per heavy atom. The van der Waals surface area contributed by atoms with Crippen molar-refractivity contribution in [3.63, 3.8) is 0 Å². The molecule has 0 unspecified atom stereocenters. The quantitative estimate of drug-likeness (QED) is 0.692. The lowest BCUT2D eigenvalue weighted by Crippen LogP contribution is -2.05. The Morgan fingerprint density at radius 3 is 2.87 bits per heavy atom. The molecule has 0 saturated heterocycles. The molecule has 1 aliphatic carbocycles. The molecule has 0 aromatic carbocycles. The number of pyridine rings is 1. The lowest BCUT2D eigenvalue weighted by atomic mass is 9.93. The monoisotopic (exact) mass is 203 g/mol. The van der Waals surface area contributed by atoms with Gasteiger partial charge in [-0.2, -0.15) is 0 Å². The van der Waals surface area contributed by atoms with Crippen LogP contribution in [0.3, 0.4) is 0 Å². The lowest BCUT2D eigenvalue weighted by molar-refractivity contribution is 0.101. The van der Waals surface area contributed by atoms with Gasteiger partial charge in [-0.1, -0.05) is 13.8 Å². The van der Waals surface area contributed by atoms with Crippen LogP contribution in [0.25, 0.3) is 0 Å². The third-order valence-electron chi connectivity index (χ3n) is 3.29. The molecule has 0 N–H and O–H groups in total. The molecule has 0 fully saturated rings. The van der Waals surface area contributed by atoms with Gasteiger partial charge >= 0.3 is 0 Å². The van der Waals surface area contributed by atoms with Gasteiger partial charge in [0.2, 0.25) is 0 Å². The molecular weight excluding hydrogens is 186 g/mol. The van der Waals surface area contributed by atoms with Gasteiger partial charge in [0.25, 0.3) is 0 Å². The summed E-state index contributed by atoms with van der Waals surface area (Å²) in [6, 6.07) is 2.02. The van der Waals surface area contributed by atoms with Gasteiger partial charge in [-0.05, 0) is 37.3 Å². The van der Waals surface area contributed by atoms with E-state index in [-0.39, 0.29) is 5.78 Å². The Kier molecular flexibility index (Phi) is 2.59. The standard InChI is InChI=1S/C13H17NO/c1-8(2)12-5-4-10-6-11(9(3)15)7-14-13(10)12/h6-8,12H,4-5H2,1-3H3/t12-/m0/s1. The zero-order valence-corrected chi connectivity index (χ0v) is 9.58. The van der Waals surface area contributed by atoms with E-state index in [9.17, 15) is 4.79 Å². The molecule has 1 heterocycles. The van der Waals surface area contributed by atoms with Gasteiger partial charge in [-0.15, -0.1) is 0 Å². The van der Waals surface area contributed by atoms with E-state index in [1.54, 1.807) is 13.1 Å². The average molecular weight is 203 g/mol. The third kappa shape index (κ3) is 1.81. The molecule has 1 aliphatic rings. The number of carbonyl (C=O) groups is 1. The Morgan fingerprint density at radius 1 is 1.53 bits per heavy atom. The van der Waals surface area contributed by atoms with Gasteiger partial charge in [-0.25, -0.2) is 0 Å². The van der Waals surface area contributed by atoms with Crippen LogP contribution < -0.4 is 0 Å². The fraction of sp³-hybridized carbons (Fsp3) is 0.538. The van der Waals surface area contributed by atoms with Crippen molar-refractivity contribution in [1.29, 1.82) is 0 Å². The van der Waals surface area contributed by atoms with E-state index < -0.39 is 0 Å². The van der Waals surface area contributed by atoms with Gasteiger partial charge < -0.3 is 0 Å². The summed E-state index contributed by atoms with van der Waals surface area (Å²) < 4.78 is 0. The van der Waals surface area contributed by atoms with Crippen LogP contribution in [-0.2, 0) is 6.42 Å². The number of hydrogen-bond donors (Lipinski definition) is 0. The van der Waals surface area contributed by atoms with Crippen LogP contribution >= 0.6 is 0 Å². The van der Waals surface area contributed by atoms with Gasteiger partial charge in [0.1, 0.15) is 0 Å². The SMILES string of the molecule is CC(=O)c1cnc2c(c1)CC[C@H]2C(C)C. The Hall–Kier alpha value is -1.18. The summed E-state index contributed by atoms with van der Waals surface area (Å²) >= 11 is 0. The number of aryl methyl sites for hydroxylation is 1. The summed E-state index contributed by atoms with van der Waals surface area (Å²) in [5.74, 6) is 1.33. The Balaban J connectivity index is 2.37. The summed E-state index contributed by atoms with van der Waals surface area (Å²) in [5.41, 5.74) is 3.24. The van der Waals surface area contributed by atoms with E-state index in [0.29, 0.717) is 11.8 Å². The van der Waals surface area contributed by atoms with E-state index >= 15 is 0 Å². The number of nitrogens with zero attached hydrogens (tertiary/aromatic N) is 1. The topological polar surface area (TPSA) is 30.0 Å². The number of ketones is 1. The van der Waals surface area contributed by atoms with Crippen molar-refractivity contribution in [2.45, 2.75) is 39.5 Å². The molecule has 0 amide bonds. The van der Waals surface area contributed by atoms with Gasteiger partial charge in [-0.3, -0.25) is 9.78 Å². The van der Waals surface area contributed by atoms with Crippen LogP contribution in [-0.4, -0.2) is 10.8 Å². The van der Waals surface area contributed by atoms with Crippen molar-refractivity contribution in [3.8, 4) is 0 Å². The highest BCUT2D eigenvalue weighted by Crippen LogP contribution is 2.36. The fourth-order valence-electron chi connectivity index (χ4n) is 2.34. The minimum atomic E-state index is 0.110. The summed E-state index contributed by atoms with van der Waals surface area (Å²) in [5, 5.41) is 0. The summed E-state index contributed by atoms with van der Waals surface area (Å²) in [4.78, 5) is 15.7. The molecule has 1 aromatic rings. The average Bonchev–Trinajstić information content (AvgIpc) is 2.59. The van der Waals surface area contributed by atoms with Gasteiger partial charge in [0, 0.05) is 23.4 Å². The van der Waals surface area contributed by atoms with Crippen LogP contribution in [0.15, 0.2) is 12.3 Å². The third-order valence-corrected chi connectivity index (χ3v) is 3.29. The predicted octanol–water partition coefficient (Wildman–Crippen LogP) is 2.97. The highest BCUT2D eigenvalue weighted by Gasteiger charge is 2.26. The lowest BCUT2D eigenvalue weighted by Gasteiger charge is -2.14. The second-order valence-electron chi connectivity index (χ2n) is 4.71. The molecular formula is C13H17NO. The Bertz CT molecular complexity index is 396. The number of aromatic nitrogens is 1. The van der Waals surface area contributed by atoms with Gasteiger partial charge in [0.05, 0.1) is 0 Å². The van der Waals surface area contributed by atoms with Crippen molar-refractivity contribution in [2.75, 3.05) is 0 Å². The molecule has 0 aliphatic heterocycles. The van der Waals surface area contributed by atoms with E-state index in [4.69, 9.17) is 0 Å². The molecule has 2 heteroatoms. The van der Waals surface area contributed by atoms with Crippen molar-refractivity contribution in [2.24, 2.45) is 5.92 Å². The van der Waals surface area contributed by atoms with E-state index in [0.717, 1.165) is 12.0 Å². The smallest absolute Gasteiger partial charge is 0.161 e. The van der Waals surface area contributed by atoms with Crippen LogP contribution in [0.4, 0.5) is 0 Å². The molecule has 2 rings (SSSR count). The van der Waals surface area contributed by atoms with Crippen LogP contribution in [0.1, 0.15) is 54.7 Å². The van der Waals surface area contributed by atoms with Crippen molar-refractivity contribution < 1.29 is 4.79 Å². The van der Waals surface area contributed by atoms with Crippen LogP contribution in [0, 0.1) is 5.92 Å². The highest BCUT2D eigenvalue weighted by atomic mass is 16.1. The molecule has 1 aromatic heterocycles. The number of hydrogen-bond acceptors (Lipinski definition) is 2. The number of rotatable bonds is 2. The van der Waals surface area contributed by atoms with Crippen LogP contribution in [0.5, 0.6) is 0 Å². The second kappa shape index (κ2) is 3.76. The largest absolute Gasteiger partial charge is 0.294 e. The number of carbonyl (C=O) groups excluding carboxylic acids is 1. The van der Waals surface area contributed by atoms with Crippen molar-refractivity contribution in [3.05, 3.63) is 29.1 Å². The molecule has 80 valence electrons. The molecule has 2 nitrogen and oxygen atoms in total. The minimum absolute atomic E-state index is 0.110. The van der Waals surface area contributed by atoms with Crippen LogP contribution in [0.2, 0.25) is 0 Å². The second-order valence-corrected chi connectivity index (χ2v) is 4.71. The maximum absolute atomic E-state index is 11.2. The van der Waals surface area contributed by atoms with Crippen molar-refractivity contribution in [1.82, 2.24) is 4.98 Å². The molecule has 0 bridgehead atoms. The summed E-state index contributed by atoms with van der Waals surface area (Å²) in [7, 11) is 0. The molecule has 0 radical (unpaired) electrons. The first-order valence-electron chi connectivity index (χ1n) is 5.59. The van der Waals surface area contributed by atoms with E-state index in [2.05, 4.69) is 18.8 Å². The zero-order valence-electron chi connectivity index (χ0n) is 9.58. The maximum atomic E-state index is 11.2. The molecule has 0 saturated carbocycles. The van der Waals surface area contributed by atoms with Gasteiger partial charge in [0.15, 0.2) is 5.78 Å². The fourth-order valence-corrected chi connectivity index (χ4v) is 2.34. The summed E-state index contributed by atoms with van der Waals surface area (Å²) in [6.45, 7) is 6.07. The molecule has 1 atom stereocenters. The number of fused-ring (bicyclic) bond motifs is 1. The first-order chi connectivity index (χ1) is 7.09. The summed E-state index contributed by atoms with van der Waals surface area (Å²) in [6.07, 6.45) is 3.98. The molecule has 0 spiro atoms. The normalized spacial score (nSPS) is 19.3. The first-order valence-corrected chi connectivity index (χ1v) is 5.59. The van der Waals surface area contributed by atoms with E-state index in [1.807, 2.05) is 6.07 Å². The highest BCUT2D eigenvalue weighted by molar-refractivity contribution is 5.93. The Labute approximate surface area is 90.7 Å². The maximum Gasteiger partial charge on any atom is 0.161 e. The zero-order chi connectivity index (χ0) is 11.0.